The van der Waals surface area contributed by atoms with Gasteiger partial charge < -0.3 is 55.5 Å². The van der Waals surface area contributed by atoms with Crippen LogP contribution < -0.4 is 31.9 Å². The number of aryl methyl sites for hydroxylation is 1. The molecule has 4 aliphatic heterocycles. The normalized spacial score (nSPS) is 25.3. The number of ketones is 1. The van der Waals surface area contributed by atoms with E-state index in [4.69, 9.17) is 48.5 Å². The zero-order valence-corrected chi connectivity index (χ0v) is 51.6. The average molecular weight is 1220 g/mol. The predicted octanol–water partition coefficient (Wildman–Crippen LogP) is 5.60. The zero-order valence-electron chi connectivity index (χ0n) is 50.0. The fourth-order valence-electron chi connectivity index (χ4n) is 10.8. The van der Waals surface area contributed by atoms with Crippen molar-refractivity contribution in [1.29, 1.82) is 0 Å². The average Bonchev–Trinajstić information content (AvgIpc) is 1.64. The number of unbranched alkanes of at least 4 members (excludes halogenated alkanes) is 2. The van der Waals surface area contributed by atoms with E-state index >= 15 is 0 Å². The van der Waals surface area contributed by atoms with Crippen molar-refractivity contribution in [2.75, 3.05) is 39.2 Å². The number of nitrogens with zero attached hydrogens (tertiary/aromatic N) is 3. The maximum atomic E-state index is 14.5. The monoisotopic (exact) mass is 1220 g/mol. The first-order valence-corrected chi connectivity index (χ1v) is 29.4. The van der Waals surface area contributed by atoms with Crippen molar-refractivity contribution in [3.8, 4) is 0 Å². The van der Waals surface area contributed by atoms with E-state index in [2.05, 4.69) is 21.3 Å². The number of primary amides is 1. The number of carbonyl (C=O) groups excluding carboxylic acids is 9. The number of methoxy groups -OCH3 is 1. The molecule has 0 spiro atoms. The Kier molecular flexibility index (Phi) is 23.2. The van der Waals surface area contributed by atoms with E-state index in [9.17, 15) is 48.3 Å². The Hall–Kier alpha value is -7.05. The van der Waals surface area contributed by atoms with Crippen molar-refractivity contribution in [1.82, 2.24) is 31.1 Å². The van der Waals surface area contributed by atoms with Gasteiger partial charge in [-0.3, -0.25) is 39.0 Å². The van der Waals surface area contributed by atoms with Crippen molar-refractivity contribution >= 4 is 87.9 Å². The molecular weight excluding hydrogens is 1140 g/mol. The molecule has 85 heavy (non-hydrogen) atoms. The molecule has 10 atom stereocenters. The van der Waals surface area contributed by atoms with Gasteiger partial charge in [-0.15, -0.1) is 0 Å². The Bertz CT molecular complexity index is 2950. The molecule has 0 radical (unpaired) electrons. The third kappa shape index (κ3) is 17.3. The molecule has 7 N–H and O–H groups in total. The third-order valence-corrected chi connectivity index (χ3v) is 17.0. The number of anilines is 1. The Morgan fingerprint density at radius 2 is 1.68 bits per heavy atom. The molecule has 4 heterocycles. The van der Waals surface area contributed by atoms with Crippen molar-refractivity contribution in [3.05, 3.63) is 99.6 Å². The quantitative estimate of drug-likeness (QED) is 0.0275. The van der Waals surface area contributed by atoms with Gasteiger partial charge in [0.1, 0.15) is 36.0 Å². The van der Waals surface area contributed by atoms with Crippen molar-refractivity contribution in [2.24, 2.45) is 17.6 Å². The van der Waals surface area contributed by atoms with Gasteiger partial charge in [0.15, 0.2) is 11.5 Å². The number of alkyl carbamates (subject to hydrolysis) is 1. The number of amides is 8. The summed E-state index contributed by atoms with van der Waals surface area (Å²) < 4.78 is 24.0. The highest BCUT2D eigenvalue weighted by atomic mass is 35.5. The number of hydrogen-bond donors (Lipinski definition) is 6. The van der Waals surface area contributed by atoms with Crippen molar-refractivity contribution < 1.29 is 67.2 Å². The number of epoxide rings is 1. The molecule has 2 saturated heterocycles. The molecule has 4 bridgehead atoms. The van der Waals surface area contributed by atoms with Crippen LogP contribution in [0.4, 0.5) is 15.3 Å². The van der Waals surface area contributed by atoms with Gasteiger partial charge in [0.2, 0.25) is 11.8 Å². The summed E-state index contributed by atoms with van der Waals surface area (Å²) in [6.45, 7) is 12.8. The van der Waals surface area contributed by atoms with E-state index < -0.39 is 95.6 Å². The van der Waals surface area contributed by atoms with Gasteiger partial charge in [0.05, 0.1) is 34.3 Å². The molecule has 0 unspecified atom stereocenters. The number of esters is 1. The zero-order chi connectivity index (χ0) is 62.7. The second-order valence-electron chi connectivity index (χ2n) is 23.0. The van der Waals surface area contributed by atoms with Crippen LogP contribution in [0.2, 0.25) is 5.02 Å². The summed E-state index contributed by atoms with van der Waals surface area (Å²) in [5.41, 5.74) is 5.70. The Morgan fingerprint density at radius 3 is 2.33 bits per heavy atom. The number of benzene rings is 2. The molecule has 0 saturated carbocycles. The van der Waals surface area contributed by atoms with Crippen LogP contribution in [-0.2, 0) is 60.6 Å². The number of allylic oxidation sites excluding steroid dienone is 3. The van der Waals surface area contributed by atoms with Crippen LogP contribution in [-0.4, -0.2) is 161 Å². The highest BCUT2D eigenvalue weighted by Gasteiger charge is 2.64. The highest BCUT2D eigenvalue weighted by molar-refractivity contribution is 7.80. The second-order valence-corrected chi connectivity index (χ2v) is 23.9. The summed E-state index contributed by atoms with van der Waals surface area (Å²) in [5.74, 6) is -4.22. The number of rotatable bonds is 22. The summed E-state index contributed by atoms with van der Waals surface area (Å²) in [6, 6.07) is 6.23. The van der Waals surface area contributed by atoms with E-state index in [-0.39, 0.29) is 61.3 Å². The Labute approximate surface area is 506 Å². The number of urea groups is 1. The maximum Gasteiger partial charge on any atom is 0.409 e. The molecule has 2 aromatic carbocycles. The maximum absolute atomic E-state index is 14.5. The number of nitrogens with one attached hydrogen (secondary N) is 4. The summed E-state index contributed by atoms with van der Waals surface area (Å²) in [4.78, 5) is 123. The van der Waals surface area contributed by atoms with E-state index in [1.54, 1.807) is 45.2 Å². The molecule has 24 heteroatoms. The minimum Gasteiger partial charge on any atom is -0.457 e. The van der Waals surface area contributed by atoms with Crippen molar-refractivity contribution in [3.63, 3.8) is 0 Å². The van der Waals surface area contributed by atoms with Gasteiger partial charge in [-0.05, 0) is 107 Å². The number of halogens is 1. The number of Topliss-reactive ketones (excluding diaryl/α,β-unsaturated/α-hetero) is 1. The number of likely N-dealkylation sites (N-methyl/N-ethyl adjacent to an activating group) is 1. The minimum absolute atomic E-state index is 0.109. The van der Waals surface area contributed by atoms with Gasteiger partial charge >= 0.3 is 18.1 Å². The molecule has 6 rings (SSSR count). The minimum atomic E-state index is -1.89. The molecule has 0 aliphatic carbocycles. The standard InChI is InChI=1S/C61H81ClN8O14S/c1-34(2)53(66-48(85)19-12-11-13-27-70-49(72)24-25-50(70)73)55(75)65-42(17-15-26-64-58(63)78)44(71)31-39-20-22-41(23-21-39)56(76)68(8)38(6)57(77)83-47-32-51(74)69(9)43-30-40(29-36(4)52(43)62)28-35(3)16-14-18-46(81-10)61(80)33-45(82-59(79)67-61)37(5)54-60(47,7)84-54/h14,16,18,20-25,29-30,34,37-38,42,45-47,53-54,80H,11-13,15,17,19,26-28,31-33H2,1-10H3,(H,65,75)(H,66,85)(H,67,79)(H3,63,64,78)/b18-14+,35-16+/t37-,38+,42+,45+,46-,47+,53+,54+,60+,61+/m1/s1. The lowest BCUT2D eigenvalue weighted by molar-refractivity contribution is -0.158. The van der Waals surface area contributed by atoms with E-state index in [0.717, 1.165) is 16.7 Å². The van der Waals surface area contributed by atoms with Gasteiger partial charge in [0, 0.05) is 70.8 Å². The summed E-state index contributed by atoms with van der Waals surface area (Å²) in [6.07, 6.45) is 5.63. The van der Waals surface area contributed by atoms with Crippen LogP contribution in [0.15, 0.2) is 72.4 Å². The Balaban J connectivity index is 1.14. The number of hydrogen-bond acceptors (Lipinski definition) is 15. The predicted molar refractivity (Wildman–Crippen MR) is 321 cm³/mol. The van der Waals surface area contributed by atoms with Crippen molar-refractivity contribution in [2.45, 2.75) is 167 Å². The van der Waals surface area contributed by atoms with Crippen LogP contribution in [0.1, 0.15) is 120 Å². The van der Waals surface area contributed by atoms with E-state index in [1.165, 1.54) is 60.1 Å². The third-order valence-electron chi connectivity index (χ3n) is 16.2. The molecule has 8 amide bonds. The van der Waals surface area contributed by atoms with Gasteiger partial charge in [0.25, 0.3) is 17.7 Å². The molecule has 462 valence electrons. The van der Waals surface area contributed by atoms with E-state index in [1.807, 2.05) is 45.9 Å². The number of carbonyl (C=O) groups is 9. The van der Waals surface area contributed by atoms with Gasteiger partial charge in [-0.2, -0.15) is 0 Å². The lowest BCUT2D eigenvalue weighted by Gasteiger charge is -2.42. The SMILES string of the molecule is CO[C@@H]1/C=C/C=C(\C)Cc2cc(C)c(Cl)c(c2)N(C)C(=O)C[C@H](OC(=O)[C@H](C)N(C)C(=O)c2ccc(CC(=O)[C@H](CCCNC(N)=O)NC(=O)[C@@H](NC(=S)CCCCCN3C(=O)C=CC3=O)C(C)C)cc2)[C@]2(C)O[C@H]2[C@H](C)[C@@H]2C[C@@]1(O)NC(=O)O2. The smallest absolute Gasteiger partial charge is 0.409 e. The lowest BCUT2D eigenvalue weighted by atomic mass is 9.83. The summed E-state index contributed by atoms with van der Waals surface area (Å²) in [7, 11) is 4.42. The van der Waals surface area contributed by atoms with Crippen LogP contribution in [0.3, 0.4) is 0 Å². The first-order valence-electron chi connectivity index (χ1n) is 28.6. The number of thiocarbonyl (C=S) groups is 1. The molecule has 2 fully saturated rings. The molecule has 22 nitrogen and oxygen atoms in total. The lowest BCUT2D eigenvalue weighted by Crippen LogP contribution is -2.63. The largest absolute Gasteiger partial charge is 0.457 e. The number of nitrogens with two attached hydrogens (primary N) is 1. The van der Waals surface area contributed by atoms with Crippen LogP contribution in [0, 0.1) is 18.8 Å². The van der Waals surface area contributed by atoms with Crippen LogP contribution in [0.5, 0.6) is 0 Å². The fraction of sp³-hybridized carbons (Fsp3) is 0.541. The molecule has 0 aromatic heterocycles. The topological polar surface area (TPSA) is 298 Å². The van der Waals surface area contributed by atoms with Crippen LogP contribution >= 0.6 is 23.8 Å². The second kappa shape index (κ2) is 29.4. The van der Waals surface area contributed by atoms with E-state index in [0.29, 0.717) is 66.3 Å². The first-order chi connectivity index (χ1) is 40.1. The van der Waals surface area contributed by atoms with Gasteiger partial charge in [-0.25, -0.2) is 14.4 Å². The molecular formula is C61H81ClN8O14S. The van der Waals surface area contributed by atoms with Gasteiger partial charge in [-0.1, -0.05) is 93.0 Å². The van der Waals surface area contributed by atoms with Crippen LogP contribution in [0.25, 0.3) is 0 Å². The summed E-state index contributed by atoms with van der Waals surface area (Å²) >= 11 is 12.5. The summed E-state index contributed by atoms with van der Waals surface area (Å²) in [5, 5.41) is 23.3. The molecule has 2 aromatic rings. The number of aliphatic hydroxyl groups is 1. The number of fused-ring (bicyclic) bond motifs is 5. The molecule has 4 aliphatic rings. The first kappa shape index (κ1) is 67.1. The number of ether oxygens (including phenoxy) is 4. The highest BCUT2D eigenvalue weighted by Crippen LogP contribution is 2.49. The number of imide groups is 1. The Morgan fingerprint density at radius 1 is 1.00 bits per heavy atom. The fourth-order valence-corrected chi connectivity index (χ4v) is 11.3.